The van der Waals surface area contributed by atoms with Crippen molar-refractivity contribution in [3.63, 3.8) is 0 Å². The Hall–Kier alpha value is -0.430. The van der Waals surface area contributed by atoms with E-state index >= 15 is 0 Å². The number of alkyl halides is 1. The van der Waals surface area contributed by atoms with Gasteiger partial charge < -0.3 is 4.74 Å². The molecule has 0 aromatic heterocycles. The van der Waals surface area contributed by atoms with Crippen LogP contribution >= 0.6 is 15.9 Å². The van der Waals surface area contributed by atoms with Crippen molar-refractivity contribution < 1.29 is 13.2 Å². The van der Waals surface area contributed by atoms with Crippen LogP contribution in [-0.4, -0.2) is 33.4 Å². The van der Waals surface area contributed by atoms with Gasteiger partial charge in [0, 0.05) is 6.54 Å². The summed E-state index contributed by atoms with van der Waals surface area (Å²) < 4.78 is 31.3. The van der Waals surface area contributed by atoms with Crippen LogP contribution in [0.25, 0.3) is 0 Å². The lowest BCUT2D eigenvalue weighted by molar-refractivity contribution is 0.0911. The van der Waals surface area contributed by atoms with Gasteiger partial charge in [-0.25, -0.2) is 13.1 Å². The van der Waals surface area contributed by atoms with Gasteiger partial charge in [0.25, 0.3) is 0 Å². The molecule has 0 aliphatic heterocycles. The molecule has 1 atom stereocenters. The van der Waals surface area contributed by atoms with Crippen molar-refractivity contribution in [1.29, 1.82) is 0 Å². The Morgan fingerprint density at radius 2 is 1.89 bits per heavy atom. The summed E-state index contributed by atoms with van der Waals surface area (Å²) in [5.74, 6) is -0.0142. The Labute approximate surface area is 123 Å². The minimum atomic E-state index is -3.29. The number of halogens is 1. The van der Waals surface area contributed by atoms with Gasteiger partial charge in [-0.15, -0.1) is 0 Å². The molecule has 1 aromatic carbocycles. The Bertz CT molecular complexity index is 462. The Morgan fingerprint density at radius 3 is 2.47 bits per heavy atom. The van der Waals surface area contributed by atoms with E-state index in [1.165, 1.54) is 0 Å². The summed E-state index contributed by atoms with van der Waals surface area (Å²) in [7, 11) is -3.29. The lowest BCUT2D eigenvalue weighted by Crippen LogP contribution is -2.31. The van der Waals surface area contributed by atoms with Gasteiger partial charge in [-0.2, -0.15) is 0 Å². The summed E-state index contributed by atoms with van der Waals surface area (Å²) in [5.41, 5.74) is 1.05. The van der Waals surface area contributed by atoms with Crippen LogP contribution in [0.4, 0.5) is 0 Å². The largest absolute Gasteiger partial charge is 0.378 e. The first kappa shape index (κ1) is 16.6. The van der Waals surface area contributed by atoms with E-state index < -0.39 is 10.0 Å². The molecule has 1 rings (SSSR count). The van der Waals surface area contributed by atoms with Gasteiger partial charge in [0.05, 0.1) is 23.3 Å². The molecule has 0 aliphatic rings. The van der Waals surface area contributed by atoms with Crippen LogP contribution in [0.3, 0.4) is 0 Å². The molecule has 0 aliphatic carbocycles. The molecule has 19 heavy (non-hydrogen) atoms. The molecule has 1 aromatic rings. The summed E-state index contributed by atoms with van der Waals surface area (Å²) in [6.07, 6.45) is 0.0449. The predicted octanol–water partition coefficient (Wildman–Crippen LogP) is 2.47. The third-order valence-corrected chi connectivity index (χ3v) is 4.61. The van der Waals surface area contributed by atoms with Gasteiger partial charge in [-0.3, -0.25) is 0 Å². The maximum Gasteiger partial charge on any atom is 0.213 e. The van der Waals surface area contributed by atoms with Gasteiger partial charge in [-0.1, -0.05) is 46.3 Å². The van der Waals surface area contributed by atoms with Crippen molar-refractivity contribution >= 4 is 26.0 Å². The summed E-state index contributed by atoms with van der Waals surface area (Å²) in [6, 6.07) is 9.69. The molecule has 4 nitrogen and oxygen atoms in total. The molecule has 0 fully saturated rings. The minimum Gasteiger partial charge on any atom is -0.378 e. The summed E-state index contributed by atoms with van der Waals surface area (Å²) in [5, 5.41) is 0. The highest BCUT2D eigenvalue weighted by molar-refractivity contribution is 9.09. The van der Waals surface area contributed by atoms with Gasteiger partial charge in [0.1, 0.15) is 0 Å². The highest BCUT2D eigenvalue weighted by Gasteiger charge is 2.14. The number of nitrogens with one attached hydrogen (secondary N) is 1. The number of sulfonamides is 1. The zero-order chi connectivity index (χ0) is 14.3. The van der Waals surface area contributed by atoms with E-state index in [-0.39, 0.29) is 23.3 Å². The fourth-order valence-corrected chi connectivity index (χ4v) is 3.01. The van der Waals surface area contributed by atoms with E-state index in [4.69, 9.17) is 4.74 Å². The predicted molar refractivity (Wildman–Crippen MR) is 81.0 cm³/mol. The lowest BCUT2D eigenvalue weighted by atomic mass is 10.2. The number of benzene rings is 1. The maximum atomic E-state index is 11.7. The van der Waals surface area contributed by atoms with Crippen LogP contribution in [0, 0.1) is 0 Å². The normalized spacial score (nSPS) is 13.7. The lowest BCUT2D eigenvalue weighted by Gasteiger charge is -2.12. The smallest absolute Gasteiger partial charge is 0.213 e. The van der Waals surface area contributed by atoms with Crippen LogP contribution in [0.5, 0.6) is 0 Å². The fourth-order valence-electron chi connectivity index (χ4n) is 1.45. The summed E-state index contributed by atoms with van der Waals surface area (Å²) in [6.45, 7) is 4.30. The van der Waals surface area contributed by atoms with Gasteiger partial charge in [0.2, 0.25) is 10.0 Å². The van der Waals surface area contributed by atoms with E-state index in [0.29, 0.717) is 6.54 Å². The second-order valence-corrected chi connectivity index (χ2v) is 7.50. The van der Waals surface area contributed by atoms with Gasteiger partial charge in [-0.05, 0) is 19.4 Å². The molecule has 6 heteroatoms. The van der Waals surface area contributed by atoms with Crippen LogP contribution in [0.15, 0.2) is 30.3 Å². The van der Waals surface area contributed by atoms with Crippen LogP contribution in [0.2, 0.25) is 0 Å². The van der Waals surface area contributed by atoms with Crippen molar-refractivity contribution in [2.75, 3.05) is 18.9 Å². The zero-order valence-electron chi connectivity index (χ0n) is 11.2. The highest BCUT2D eigenvalue weighted by Crippen LogP contribution is 2.21. The second-order valence-electron chi connectivity index (χ2n) is 4.47. The molecular weight excluding hydrogens is 330 g/mol. The molecule has 0 heterocycles. The van der Waals surface area contributed by atoms with E-state index in [9.17, 15) is 8.42 Å². The van der Waals surface area contributed by atoms with Crippen molar-refractivity contribution in [2.45, 2.75) is 24.8 Å². The SMILES string of the molecule is CC(C)OCCS(=O)(=O)NCC(Br)c1ccccc1. The molecule has 0 spiro atoms. The number of ether oxygens (including phenoxy) is 1. The molecular formula is C13H20BrNO3S. The quantitative estimate of drug-likeness (QED) is 0.733. The fraction of sp³-hybridized carbons (Fsp3) is 0.538. The monoisotopic (exact) mass is 349 g/mol. The Balaban J connectivity index is 2.38. The third kappa shape index (κ3) is 7.06. The van der Waals surface area contributed by atoms with Crippen LogP contribution in [0.1, 0.15) is 24.2 Å². The van der Waals surface area contributed by atoms with Crippen molar-refractivity contribution in [1.82, 2.24) is 4.72 Å². The highest BCUT2D eigenvalue weighted by atomic mass is 79.9. The summed E-state index contributed by atoms with van der Waals surface area (Å²) >= 11 is 3.47. The topological polar surface area (TPSA) is 55.4 Å². The summed E-state index contributed by atoms with van der Waals surface area (Å²) in [4.78, 5) is -0.0329. The number of rotatable bonds is 8. The average molecular weight is 350 g/mol. The van der Waals surface area contributed by atoms with E-state index in [1.54, 1.807) is 0 Å². The van der Waals surface area contributed by atoms with Crippen LogP contribution in [-0.2, 0) is 14.8 Å². The first-order chi connectivity index (χ1) is 8.91. The number of hydrogen-bond donors (Lipinski definition) is 1. The standard InChI is InChI=1S/C13H20BrNO3S/c1-11(2)18-8-9-19(16,17)15-10-13(14)12-6-4-3-5-7-12/h3-7,11,13,15H,8-10H2,1-2H3. The average Bonchev–Trinajstić information content (AvgIpc) is 2.36. The van der Waals surface area contributed by atoms with E-state index in [0.717, 1.165) is 5.56 Å². The van der Waals surface area contributed by atoms with Crippen molar-refractivity contribution in [2.24, 2.45) is 0 Å². The van der Waals surface area contributed by atoms with Crippen molar-refractivity contribution in [3.8, 4) is 0 Å². The van der Waals surface area contributed by atoms with Crippen molar-refractivity contribution in [3.05, 3.63) is 35.9 Å². The molecule has 0 amide bonds. The van der Waals surface area contributed by atoms with Gasteiger partial charge in [0.15, 0.2) is 0 Å². The maximum absolute atomic E-state index is 11.7. The van der Waals surface area contributed by atoms with E-state index in [2.05, 4.69) is 20.7 Å². The molecule has 1 unspecified atom stereocenters. The molecule has 108 valence electrons. The molecule has 0 radical (unpaired) electrons. The Kier molecular flexibility index (Phi) is 6.99. The Morgan fingerprint density at radius 1 is 1.26 bits per heavy atom. The molecule has 0 saturated carbocycles. The first-order valence-corrected chi connectivity index (χ1v) is 8.75. The van der Waals surface area contributed by atoms with Crippen LogP contribution < -0.4 is 4.72 Å². The zero-order valence-corrected chi connectivity index (χ0v) is 13.6. The molecule has 0 saturated heterocycles. The minimum absolute atomic E-state index is 0.0142. The molecule has 0 bridgehead atoms. The van der Waals surface area contributed by atoms with E-state index in [1.807, 2.05) is 44.2 Å². The first-order valence-electron chi connectivity index (χ1n) is 6.18. The van der Waals surface area contributed by atoms with Gasteiger partial charge >= 0.3 is 0 Å². The number of hydrogen-bond acceptors (Lipinski definition) is 3. The third-order valence-electron chi connectivity index (χ3n) is 2.45. The second kappa shape index (κ2) is 7.99. The molecule has 1 N–H and O–H groups in total.